The quantitative estimate of drug-likeness (QED) is 0.367. The topological polar surface area (TPSA) is 20.3 Å². The minimum Gasteiger partial charge on any atom is -0.330 e. The SMILES string of the molecule is Cc1ccc(-c2ccccc2C(=O)N(Cc2ccccc2)Cc2ccccc2)cc1. The van der Waals surface area contributed by atoms with Gasteiger partial charge in [-0.2, -0.15) is 0 Å². The van der Waals surface area contributed by atoms with Crippen LogP contribution in [0.15, 0.2) is 109 Å². The largest absolute Gasteiger partial charge is 0.330 e. The van der Waals surface area contributed by atoms with Gasteiger partial charge in [0, 0.05) is 18.7 Å². The number of benzene rings is 4. The predicted octanol–water partition coefficient (Wildman–Crippen LogP) is 6.50. The zero-order valence-electron chi connectivity index (χ0n) is 17.2. The maximum Gasteiger partial charge on any atom is 0.255 e. The van der Waals surface area contributed by atoms with Gasteiger partial charge in [0.1, 0.15) is 0 Å². The fraction of sp³-hybridized carbons (Fsp3) is 0.107. The predicted molar refractivity (Wildman–Crippen MR) is 123 cm³/mol. The molecule has 0 spiro atoms. The maximum atomic E-state index is 13.7. The van der Waals surface area contributed by atoms with Crippen molar-refractivity contribution in [1.82, 2.24) is 4.90 Å². The lowest BCUT2D eigenvalue weighted by Gasteiger charge is -2.24. The molecule has 0 radical (unpaired) electrons. The first-order chi connectivity index (χ1) is 14.7. The Bertz CT molecular complexity index is 1060. The highest BCUT2D eigenvalue weighted by Crippen LogP contribution is 2.26. The van der Waals surface area contributed by atoms with E-state index in [2.05, 4.69) is 55.5 Å². The molecule has 0 fully saturated rings. The van der Waals surface area contributed by atoms with Crippen LogP contribution in [-0.4, -0.2) is 10.8 Å². The summed E-state index contributed by atoms with van der Waals surface area (Å²) in [5.41, 5.74) is 6.20. The number of carbonyl (C=O) groups is 1. The van der Waals surface area contributed by atoms with Crippen molar-refractivity contribution in [1.29, 1.82) is 0 Å². The highest BCUT2D eigenvalue weighted by molar-refractivity contribution is 6.00. The van der Waals surface area contributed by atoms with Crippen LogP contribution in [0.2, 0.25) is 0 Å². The average molecular weight is 392 g/mol. The van der Waals surface area contributed by atoms with E-state index < -0.39 is 0 Å². The van der Waals surface area contributed by atoms with Gasteiger partial charge in [0.05, 0.1) is 0 Å². The lowest BCUT2D eigenvalue weighted by atomic mass is 9.97. The summed E-state index contributed by atoms with van der Waals surface area (Å²) >= 11 is 0. The summed E-state index contributed by atoms with van der Waals surface area (Å²) in [4.78, 5) is 15.7. The molecule has 0 heterocycles. The van der Waals surface area contributed by atoms with Crippen LogP contribution in [0.1, 0.15) is 27.0 Å². The van der Waals surface area contributed by atoms with Crippen LogP contribution in [0.4, 0.5) is 0 Å². The van der Waals surface area contributed by atoms with Gasteiger partial charge in [-0.05, 0) is 35.2 Å². The molecule has 0 N–H and O–H groups in total. The van der Waals surface area contributed by atoms with Crippen LogP contribution in [0.25, 0.3) is 11.1 Å². The van der Waals surface area contributed by atoms with Crippen molar-refractivity contribution in [2.75, 3.05) is 0 Å². The Hall–Kier alpha value is -3.65. The molecule has 30 heavy (non-hydrogen) atoms. The van der Waals surface area contributed by atoms with Gasteiger partial charge in [0.2, 0.25) is 0 Å². The minimum absolute atomic E-state index is 0.0406. The third-order valence-electron chi connectivity index (χ3n) is 5.24. The molecule has 148 valence electrons. The average Bonchev–Trinajstić information content (AvgIpc) is 2.80. The van der Waals surface area contributed by atoms with Gasteiger partial charge >= 0.3 is 0 Å². The van der Waals surface area contributed by atoms with Gasteiger partial charge in [-0.15, -0.1) is 0 Å². The smallest absolute Gasteiger partial charge is 0.255 e. The van der Waals surface area contributed by atoms with E-state index >= 15 is 0 Å². The summed E-state index contributed by atoms with van der Waals surface area (Å²) in [6.07, 6.45) is 0. The van der Waals surface area contributed by atoms with E-state index in [4.69, 9.17) is 0 Å². The molecular formula is C28H25NO. The van der Waals surface area contributed by atoms with E-state index in [1.165, 1.54) is 5.56 Å². The van der Waals surface area contributed by atoms with Crippen LogP contribution in [0, 0.1) is 6.92 Å². The summed E-state index contributed by atoms with van der Waals surface area (Å²) in [6.45, 7) is 3.20. The van der Waals surface area contributed by atoms with Gasteiger partial charge in [0.15, 0.2) is 0 Å². The first-order valence-corrected chi connectivity index (χ1v) is 10.2. The molecule has 2 nitrogen and oxygen atoms in total. The lowest BCUT2D eigenvalue weighted by molar-refractivity contribution is 0.0731. The first kappa shape index (κ1) is 19.7. The fourth-order valence-electron chi connectivity index (χ4n) is 3.63. The Morgan fingerprint density at radius 3 is 1.70 bits per heavy atom. The molecule has 4 rings (SSSR count). The van der Waals surface area contributed by atoms with Gasteiger partial charge in [-0.1, -0.05) is 109 Å². The summed E-state index contributed by atoms with van der Waals surface area (Å²) in [5, 5.41) is 0. The first-order valence-electron chi connectivity index (χ1n) is 10.2. The molecule has 0 bridgehead atoms. The van der Waals surface area contributed by atoms with Crippen molar-refractivity contribution in [3.63, 3.8) is 0 Å². The molecule has 0 aliphatic heterocycles. The molecule has 4 aromatic carbocycles. The second-order valence-electron chi connectivity index (χ2n) is 7.54. The van der Waals surface area contributed by atoms with Gasteiger partial charge in [-0.25, -0.2) is 0 Å². The fourth-order valence-corrected chi connectivity index (χ4v) is 3.63. The molecule has 0 aromatic heterocycles. The Morgan fingerprint density at radius 2 is 1.13 bits per heavy atom. The Morgan fingerprint density at radius 1 is 0.633 bits per heavy atom. The van der Waals surface area contributed by atoms with Crippen LogP contribution in [0.3, 0.4) is 0 Å². The molecule has 0 saturated carbocycles. The van der Waals surface area contributed by atoms with Crippen LogP contribution in [-0.2, 0) is 13.1 Å². The number of aryl methyl sites for hydroxylation is 1. The Labute approximate surface area is 178 Å². The van der Waals surface area contributed by atoms with Crippen molar-refractivity contribution in [2.24, 2.45) is 0 Å². The lowest BCUT2D eigenvalue weighted by Crippen LogP contribution is -2.30. The third kappa shape index (κ3) is 4.66. The van der Waals surface area contributed by atoms with E-state index in [9.17, 15) is 4.79 Å². The van der Waals surface area contributed by atoms with E-state index in [0.29, 0.717) is 13.1 Å². The Kier molecular flexibility index (Phi) is 6.05. The van der Waals surface area contributed by atoms with Gasteiger partial charge < -0.3 is 4.90 Å². The molecular weight excluding hydrogens is 366 g/mol. The van der Waals surface area contributed by atoms with Crippen molar-refractivity contribution >= 4 is 5.91 Å². The summed E-state index contributed by atoms with van der Waals surface area (Å²) < 4.78 is 0. The van der Waals surface area contributed by atoms with Crippen LogP contribution >= 0.6 is 0 Å². The zero-order chi connectivity index (χ0) is 20.8. The van der Waals surface area contributed by atoms with E-state index in [0.717, 1.165) is 27.8 Å². The number of hydrogen-bond acceptors (Lipinski definition) is 1. The Balaban J connectivity index is 1.70. The van der Waals surface area contributed by atoms with Crippen molar-refractivity contribution in [3.05, 3.63) is 131 Å². The van der Waals surface area contributed by atoms with Gasteiger partial charge in [0.25, 0.3) is 5.91 Å². The number of amides is 1. The second kappa shape index (κ2) is 9.23. The molecule has 0 atom stereocenters. The normalized spacial score (nSPS) is 10.6. The molecule has 4 aromatic rings. The molecule has 0 unspecified atom stereocenters. The molecule has 2 heteroatoms. The maximum absolute atomic E-state index is 13.7. The third-order valence-corrected chi connectivity index (χ3v) is 5.24. The molecule has 0 aliphatic carbocycles. The number of rotatable bonds is 6. The van der Waals surface area contributed by atoms with Crippen molar-refractivity contribution < 1.29 is 4.79 Å². The molecule has 0 aliphatic rings. The highest BCUT2D eigenvalue weighted by atomic mass is 16.2. The summed E-state index contributed by atoms with van der Waals surface area (Å²) in [7, 11) is 0. The van der Waals surface area contributed by atoms with E-state index in [-0.39, 0.29) is 5.91 Å². The van der Waals surface area contributed by atoms with Crippen molar-refractivity contribution in [3.8, 4) is 11.1 Å². The summed E-state index contributed by atoms with van der Waals surface area (Å²) in [5.74, 6) is 0.0406. The van der Waals surface area contributed by atoms with E-state index in [1.54, 1.807) is 0 Å². The second-order valence-corrected chi connectivity index (χ2v) is 7.54. The summed E-state index contributed by atoms with van der Waals surface area (Å²) in [6, 6.07) is 36.6. The van der Waals surface area contributed by atoms with Crippen LogP contribution < -0.4 is 0 Å². The van der Waals surface area contributed by atoms with E-state index in [1.807, 2.05) is 65.6 Å². The minimum atomic E-state index is 0.0406. The molecule has 0 saturated heterocycles. The standard InChI is InChI=1S/C28H25NO/c1-22-16-18-25(19-17-22)26-14-8-9-15-27(26)28(30)29(20-23-10-4-2-5-11-23)21-24-12-6-3-7-13-24/h2-19H,20-21H2,1H3. The number of nitrogens with zero attached hydrogens (tertiary/aromatic N) is 1. The van der Waals surface area contributed by atoms with Crippen molar-refractivity contribution in [2.45, 2.75) is 20.0 Å². The van der Waals surface area contributed by atoms with Gasteiger partial charge in [-0.3, -0.25) is 4.79 Å². The zero-order valence-corrected chi connectivity index (χ0v) is 17.2. The molecule has 1 amide bonds. The number of carbonyl (C=O) groups excluding carboxylic acids is 1. The monoisotopic (exact) mass is 391 g/mol. The number of hydrogen-bond donors (Lipinski definition) is 0. The van der Waals surface area contributed by atoms with Crippen LogP contribution in [0.5, 0.6) is 0 Å². The highest BCUT2D eigenvalue weighted by Gasteiger charge is 2.20.